The summed E-state index contributed by atoms with van der Waals surface area (Å²) in [7, 11) is 0. The van der Waals surface area contributed by atoms with E-state index >= 15 is 0 Å². The minimum absolute atomic E-state index is 0.410. The molecule has 3 heteroatoms. The molecule has 0 aromatic carbocycles. The summed E-state index contributed by atoms with van der Waals surface area (Å²) in [4.78, 5) is 0. The highest BCUT2D eigenvalue weighted by Crippen LogP contribution is 2.42. The van der Waals surface area contributed by atoms with Crippen LogP contribution in [0.15, 0.2) is 0 Å². The molecule has 0 aromatic heterocycles. The van der Waals surface area contributed by atoms with Crippen molar-refractivity contribution in [3.05, 3.63) is 0 Å². The molecular weight excluding hydrogens is 429 g/mol. The Balaban J connectivity index is 3.54. The molecule has 0 aliphatic carbocycles. The van der Waals surface area contributed by atoms with E-state index in [1.807, 2.05) is 0 Å². The average molecular weight is 436 g/mol. The topological polar surface area (TPSA) is 0 Å². The van der Waals surface area contributed by atoms with E-state index in [4.69, 9.17) is 0 Å². The normalized spacial score (nSPS) is 12.9. The lowest BCUT2D eigenvalue weighted by Crippen LogP contribution is -2.07. The second-order valence-corrected chi connectivity index (χ2v) is 13.0. The Morgan fingerprint density at radius 3 is 1.29 bits per heavy atom. The summed E-state index contributed by atoms with van der Waals surface area (Å²) >= 11 is 7.32. The second-order valence-electron chi connectivity index (χ2n) is 1.70. The fraction of sp³-hybridized carbons (Fsp3) is 1.00. The lowest BCUT2D eigenvalue weighted by atomic mass is 10.3. The van der Waals surface area contributed by atoms with Crippen LogP contribution in [0.25, 0.3) is 0 Å². The number of hydrogen-bond donors (Lipinski definition) is 0. The summed E-state index contributed by atoms with van der Waals surface area (Å²) in [5.41, 5.74) is 0. The Hall–Kier alpha value is 2.19. The molecule has 0 aliphatic heterocycles. The third kappa shape index (κ3) is 4.68. The van der Waals surface area contributed by atoms with Gasteiger partial charge in [-0.25, -0.2) is 0 Å². The van der Waals surface area contributed by atoms with E-state index in [1.165, 1.54) is 0 Å². The minimum atomic E-state index is 0.410. The van der Waals surface area contributed by atoms with Gasteiger partial charge in [-0.3, -0.25) is 0 Å². The SMILES string of the molecule is CC(C)C(I)(I)I. The van der Waals surface area contributed by atoms with Crippen LogP contribution in [0.4, 0.5) is 0 Å². The van der Waals surface area contributed by atoms with Gasteiger partial charge in [0, 0.05) is 0 Å². The summed E-state index contributed by atoms with van der Waals surface area (Å²) in [6, 6.07) is 0. The molecule has 0 fully saturated rings. The molecule has 0 nitrogen and oxygen atoms in total. The van der Waals surface area contributed by atoms with Gasteiger partial charge in [-0.2, -0.15) is 0 Å². The molecular formula is C4H7I3. The van der Waals surface area contributed by atoms with Gasteiger partial charge < -0.3 is 0 Å². The van der Waals surface area contributed by atoms with Gasteiger partial charge in [0.25, 0.3) is 0 Å². The van der Waals surface area contributed by atoms with Gasteiger partial charge in [-0.1, -0.05) is 81.6 Å². The Morgan fingerprint density at radius 1 is 1.14 bits per heavy atom. The maximum atomic E-state index is 2.44. The predicted molar refractivity (Wildman–Crippen MR) is 59.6 cm³/mol. The highest BCUT2D eigenvalue weighted by atomic mass is 127. The molecule has 0 atom stereocenters. The molecule has 0 spiro atoms. The highest BCUT2D eigenvalue weighted by Gasteiger charge is 2.21. The number of alkyl halides is 3. The first-order valence-electron chi connectivity index (χ1n) is 2.01. The molecule has 0 aromatic rings. The zero-order chi connectivity index (χ0) is 6.08. The average Bonchev–Trinajstić information content (AvgIpc) is 1.31. The van der Waals surface area contributed by atoms with Gasteiger partial charge in [0.2, 0.25) is 0 Å². The molecule has 0 N–H and O–H groups in total. The fourth-order valence-electron chi connectivity index (χ4n) is 0. The molecule has 0 amide bonds. The van der Waals surface area contributed by atoms with Crippen molar-refractivity contribution in [1.29, 1.82) is 0 Å². The maximum absolute atomic E-state index is 2.44. The summed E-state index contributed by atoms with van der Waals surface area (Å²) < 4.78 is 0.410. The lowest BCUT2D eigenvalue weighted by Gasteiger charge is -2.15. The molecule has 0 heterocycles. The van der Waals surface area contributed by atoms with E-state index < -0.39 is 0 Å². The molecule has 0 saturated carbocycles. The first-order valence-corrected chi connectivity index (χ1v) is 5.25. The van der Waals surface area contributed by atoms with Crippen LogP contribution in [0.1, 0.15) is 13.8 Å². The molecule has 44 valence electrons. The highest BCUT2D eigenvalue weighted by molar-refractivity contribution is 14.3. The predicted octanol–water partition coefficient (Wildman–Crippen LogP) is 3.60. The summed E-state index contributed by atoms with van der Waals surface area (Å²) in [5, 5.41) is 0. The van der Waals surface area contributed by atoms with Gasteiger partial charge in [-0.15, -0.1) is 0 Å². The first kappa shape index (κ1) is 9.19. The molecule has 0 rings (SSSR count). The van der Waals surface area contributed by atoms with Gasteiger partial charge in [-0.05, 0) is 5.92 Å². The second kappa shape index (κ2) is 3.38. The van der Waals surface area contributed by atoms with Gasteiger partial charge in [0.15, 0.2) is 0 Å². The van der Waals surface area contributed by atoms with E-state index in [1.54, 1.807) is 0 Å². The van der Waals surface area contributed by atoms with Crippen molar-refractivity contribution in [2.24, 2.45) is 5.92 Å². The van der Waals surface area contributed by atoms with Crippen molar-refractivity contribution in [2.75, 3.05) is 0 Å². The monoisotopic (exact) mass is 436 g/mol. The van der Waals surface area contributed by atoms with Crippen LogP contribution in [0.5, 0.6) is 0 Å². The number of hydrogen-bond acceptors (Lipinski definition) is 0. The Kier molecular flexibility index (Phi) is 4.44. The Morgan fingerprint density at radius 2 is 1.29 bits per heavy atom. The molecule has 0 bridgehead atoms. The summed E-state index contributed by atoms with van der Waals surface area (Å²) in [5.74, 6) is 0.759. The van der Waals surface area contributed by atoms with Crippen LogP contribution in [0, 0.1) is 5.92 Å². The molecule has 7 heavy (non-hydrogen) atoms. The van der Waals surface area contributed by atoms with Crippen molar-refractivity contribution >= 4 is 67.8 Å². The Bertz CT molecular complexity index is 52.4. The van der Waals surface area contributed by atoms with Crippen LogP contribution >= 0.6 is 67.8 Å². The first-order chi connectivity index (χ1) is 2.94. The Labute approximate surface area is 85.6 Å². The molecule has 0 aliphatic rings. The largest absolute Gasteiger partial charge is 0.126 e. The quantitative estimate of drug-likeness (QED) is 0.436. The number of halogens is 3. The smallest absolute Gasteiger partial charge is 0.0600 e. The van der Waals surface area contributed by atoms with E-state index in [2.05, 4.69) is 81.6 Å². The standard InChI is InChI=1S/C4H7I3/c1-3(2)4(5,6)7/h3H,1-2H3. The van der Waals surface area contributed by atoms with Gasteiger partial charge in [0.05, 0.1) is 0 Å². The fourth-order valence-corrected chi connectivity index (χ4v) is 0. The lowest BCUT2D eigenvalue weighted by molar-refractivity contribution is 0.737. The molecule has 0 saturated heterocycles. The van der Waals surface area contributed by atoms with Gasteiger partial charge >= 0.3 is 0 Å². The van der Waals surface area contributed by atoms with E-state index in [9.17, 15) is 0 Å². The molecule has 0 radical (unpaired) electrons. The minimum Gasteiger partial charge on any atom is -0.0600 e. The van der Waals surface area contributed by atoms with Crippen molar-refractivity contribution in [1.82, 2.24) is 0 Å². The van der Waals surface area contributed by atoms with Crippen LogP contribution < -0.4 is 0 Å². The van der Waals surface area contributed by atoms with Crippen molar-refractivity contribution in [3.8, 4) is 0 Å². The van der Waals surface area contributed by atoms with Gasteiger partial charge in [0.1, 0.15) is -0.565 Å². The van der Waals surface area contributed by atoms with Crippen molar-refractivity contribution in [2.45, 2.75) is 13.3 Å². The third-order valence-corrected chi connectivity index (χ3v) is 4.39. The van der Waals surface area contributed by atoms with Crippen LogP contribution in [-0.2, 0) is 0 Å². The van der Waals surface area contributed by atoms with Crippen molar-refractivity contribution < 1.29 is 0 Å². The van der Waals surface area contributed by atoms with E-state index in [0.29, 0.717) is -0.565 Å². The zero-order valence-electron chi connectivity index (χ0n) is 4.21. The van der Waals surface area contributed by atoms with Crippen molar-refractivity contribution in [3.63, 3.8) is 0 Å². The molecule has 0 unspecified atom stereocenters. The summed E-state index contributed by atoms with van der Waals surface area (Å²) in [6.45, 7) is 4.46. The summed E-state index contributed by atoms with van der Waals surface area (Å²) in [6.07, 6.45) is 0. The van der Waals surface area contributed by atoms with E-state index in [-0.39, 0.29) is 0 Å². The third-order valence-electron chi connectivity index (χ3n) is 0.655. The van der Waals surface area contributed by atoms with Crippen LogP contribution in [0.2, 0.25) is 0 Å². The van der Waals surface area contributed by atoms with Crippen LogP contribution in [-0.4, -0.2) is -0.565 Å². The number of rotatable bonds is 1. The van der Waals surface area contributed by atoms with E-state index in [0.717, 1.165) is 5.92 Å². The zero-order valence-corrected chi connectivity index (χ0v) is 10.7. The van der Waals surface area contributed by atoms with Crippen LogP contribution in [0.3, 0.4) is 0 Å². The maximum Gasteiger partial charge on any atom is 0.126 e.